The van der Waals surface area contributed by atoms with Gasteiger partial charge in [-0.3, -0.25) is 14.8 Å². The highest BCUT2D eigenvalue weighted by Gasteiger charge is 2.15. The molecule has 0 aromatic heterocycles. The fraction of sp³-hybridized carbons (Fsp3) is 0.455. The zero-order chi connectivity index (χ0) is 14.5. The average Bonchev–Trinajstić information content (AvgIpc) is 2.35. The van der Waals surface area contributed by atoms with Crippen molar-refractivity contribution < 1.29 is 13.3 Å². The molecular weight excluding hydrogens is 270 g/mol. The number of hydrogen-bond acceptors (Lipinski definition) is 5. The van der Waals surface area contributed by atoms with Gasteiger partial charge in [0.2, 0.25) is 10.0 Å². The van der Waals surface area contributed by atoms with Crippen LogP contribution in [0.4, 0.5) is 17.1 Å². The lowest BCUT2D eigenvalue weighted by Crippen LogP contribution is -2.16. The number of unbranched alkanes of at least 4 members (excludes halogenated alkanes) is 1. The molecule has 0 aliphatic rings. The van der Waals surface area contributed by atoms with Gasteiger partial charge >= 0.3 is 0 Å². The van der Waals surface area contributed by atoms with Crippen LogP contribution in [0.5, 0.6) is 0 Å². The predicted molar refractivity (Wildman–Crippen MR) is 75.0 cm³/mol. The van der Waals surface area contributed by atoms with Crippen LogP contribution in [0.15, 0.2) is 18.2 Å². The largest absolute Gasteiger partial charge is 0.383 e. The third-order valence-electron chi connectivity index (χ3n) is 2.50. The maximum atomic E-state index is 11.7. The molecule has 1 rings (SSSR count). The fourth-order valence-electron chi connectivity index (χ4n) is 1.52. The molecule has 0 amide bonds. The lowest BCUT2D eigenvalue weighted by Gasteiger charge is -2.09. The summed E-state index contributed by atoms with van der Waals surface area (Å²) in [4.78, 5) is 10.2. The van der Waals surface area contributed by atoms with Crippen LogP contribution in [0.2, 0.25) is 0 Å². The van der Waals surface area contributed by atoms with Crippen LogP contribution in [0.3, 0.4) is 0 Å². The van der Waals surface area contributed by atoms with Crippen LogP contribution < -0.4 is 10.0 Å². The summed E-state index contributed by atoms with van der Waals surface area (Å²) >= 11 is 0. The smallest absolute Gasteiger partial charge is 0.292 e. The van der Waals surface area contributed by atoms with Gasteiger partial charge in [0.15, 0.2) is 0 Å². The Bertz CT molecular complexity index is 557. The molecular formula is C11H17N3O4S. The van der Waals surface area contributed by atoms with Gasteiger partial charge in [0.05, 0.1) is 16.4 Å². The number of nitro benzene ring substituents is 1. The molecule has 0 unspecified atom stereocenters. The number of nitro groups is 1. The van der Waals surface area contributed by atoms with E-state index in [0.717, 1.165) is 6.42 Å². The molecule has 2 N–H and O–H groups in total. The minimum absolute atomic E-state index is 0.0371. The van der Waals surface area contributed by atoms with Crippen molar-refractivity contribution in [2.24, 2.45) is 0 Å². The fourth-order valence-corrected chi connectivity index (χ4v) is 2.78. The number of rotatable bonds is 7. The first kappa shape index (κ1) is 15.2. The molecule has 0 aliphatic carbocycles. The highest BCUT2D eigenvalue weighted by Crippen LogP contribution is 2.27. The first-order valence-electron chi connectivity index (χ1n) is 5.86. The Hall–Kier alpha value is -1.83. The van der Waals surface area contributed by atoms with Gasteiger partial charge in [-0.25, -0.2) is 8.42 Å². The maximum Gasteiger partial charge on any atom is 0.292 e. The van der Waals surface area contributed by atoms with Gasteiger partial charge in [-0.2, -0.15) is 0 Å². The molecule has 1 aromatic carbocycles. The Balaban J connectivity index is 2.95. The van der Waals surface area contributed by atoms with Crippen molar-refractivity contribution in [2.75, 3.05) is 22.8 Å². The quantitative estimate of drug-likeness (QED) is 0.591. The SMILES string of the molecule is CCCCS(=O)(=O)Nc1ccc([N+](=O)[O-])c(NC)c1. The van der Waals surface area contributed by atoms with E-state index in [9.17, 15) is 18.5 Å². The van der Waals surface area contributed by atoms with E-state index in [1.54, 1.807) is 0 Å². The van der Waals surface area contributed by atoms with E-state index in [1.807, 2.05) is 6.92 Å². The first-order chi connectivity index (χ1) is 8.89. The van der Waals surface area contributed by atoms with E-state index in [1.165, 1.54) is 25.2 Å². The summed E-state index contributed by atoms with van der Waals surface area (Å²) in [5.74, 6) is 0.0371. The zero-order valence-corrected chi connectivity index (χ0v) is 11.7. The molecule has 0 heterocycles. The predicted octanol–water partition coefficient (Wildman–Crippen LogP) is 2.18. The van der Waals surface area contributed by atoms with Crippen LogP contribution in [0, 0.1) is 10.1 Å². The van der Waals surface area contributed by atoms with Crippen LogP contribution in [-0.4, -0.2) is 26.1 Å². The molecule has 0 spiro atoms. The number of benzene rings is 1. The lowest BCUT2D eigenvalue weighted by atomic mass is 10.2. The van der Waals surface area contributed by atoms with Crippen LogP contribution in [0.25, 0.3) is 0 Å². The van der Waals surface area contributed by atoms with Gasteiger partial charge in [-0.05, 0) is 18.6 Å². The van der Waals surface area contributed by atoms with Gasteiger partial charge in [-0.1, -0.05) is 13.3 Å². The lowest BCUT2D eigenvalue weighted by molar-refractivity contribution is -0.383. The summed E-state index contributed by atoms with van der Waals surface area (Å²) in [6, 6.07) is 4.05. The van der Waals surface area contributed by atoms with E-state index >= 15 is 0 Å². The number of nitrogens with zero attached hydrogens (tertiary/aromatic N) is 1. The van der Waals surface area contributed by atoms with Crippen molar-refractivity contribution in [3.8, 4) is 0 Å². The van der Waals surface area contributed by atoms with Crippen molar-refractivity contribution in [2.45, 2.75) is 19.8 Å². The summed E-state index contributed by atoms with van der Waals surface area (Å²) in [7, 11) is -1.86. The van der Waals surface area contributed by atoms with Crippen molar-refractivity contribution in [1.29, 1.82) is 0 Å². The third-order valence-corrected chi connectivity index (χ3v) is 3.88. The van der Waals surface area contributed by atoms with Crippen molar-refractivity contribution in [3.05, 3.63) is 28.3 Å². The number of anilines is 2. The second-order valence-corrected chi connectivity index (χ2v) is 5.86. The maximum absolute atomic E-state index is 11.7. The Kier molecular flexibility index (Phi) is 5.11. The molecule has 0 atom stereocenters. The van der Waals surface area contributed by atoms with E-state index in [0.29, 0.717) is 12.1 Å². The van der Waals surface area contributed by atoms with Crippen molar-refractivity contribution in [3.63, 3.8) is 0 Å². The minimum Gasteiger partial charge on any atom is -0.383 e. The molecule has 8 heteroatoms. The Morgan fingerprint density at radius 2 is 2.05 bits per heavy atom. The molecule has 0 bridgehead atoms. The highest BCUT2D eigenvalue weighted by atomic mass is 32.2. The molecule has 1 aromatic rings. The molecule has 19 heavy (non-hydrogen) atoms. The van der Waals surface area contributed by atoms with E-state index < -0.39 is 14.9 Å². The van der Waals surface area contributed by atoms with E-state index in [-0.39, 0.29) is 17.1 Å². The second-order valence-electron chi connectivity index (χ2n) is 4.01. The summed E-state index contributed by atoms with van der Waals surface area (Å²) in [6.07, 6.45) is 1.35. The normalized spacial score (nSPS) is 11.1. The van der Waals surface area contributed by atoms with Crippen molar-refractivity contribution in [1.82, 2.24) is 0 Å². The van der Waals surface area contributed by atoms with Gasteiger partial charge in [0, 0.05) is 13.1 Å². The molecule has 0 radical (unpaired) electrons. The topological polar surface area (TPSA) is 101 Å². The molecule has 0 saturated heterocycles. The average molecular weight is 287 g/mol. The third kappa shape index (κ3) is 4.40. The van der Waals surface area contributed by atoms with Gasteiger partial charge in [0.1, 0.15) is 5.69 Å². The summed E-state index contributed by atoms with van der Waals surface area (Å²) in [5.41, 5.74) is 0.478. The minimum atomic E-state index is -3.40. The van der Waals surface area contributed by atoms with Gasteiger partial charge in [-0.15, -0.1) is 0 Å². The number of nitrogens with one attached hydrogen (secondary N) is 2. The van der Waals surface area contributed by atoms with Crippen LogP contribution in [0.1, 0.15) is 19.8 Å². The molecule has 106 valence electrons. The highest BCUT2D eigenvalue weighted by molar-refractivity contribution is 7.92. The van der Waals surface area contributed by atoms with Crippen LogP contribution >= 0.6 is 0 Å². The zero-order valence-electron chi connectivity index (χ0n) is 10.8. The van der Waals surface area contributed by atoms with Gasteiger partial charge < -0.3 is 5.32 Å². The summed E-state index contributed by atoms with van der Waals surface area (Å²) < 4.78 is 25.8. The summed E-state index contributed by atoms with van der Waals surface area (Å²) in [6.45, 7) is 1.90. The van der Waals surface area contributed by atoms with E-state index in [2.05, 4.69) is 10.0 Å². The Labute approximate surface area is 112 Å². The number of hydrogen-bond donors (Lipinski definition) is 2. The van der Waals surface area contributed by atoms with Crippen LogP contribution in [-0.2, 0) is 10.0 Å². The van der Waals surface area contributed by atoms with Gasteiger partial charge in [0.25, 0.3) is 5.69 Å². The Morgan fingerprint density at radius 3 is 2.58 bits per heavy atom. The second kappa shape index (κ2) is 6.37. The molecule has 0 saturated carbocycles. The number of sulfonamides is 1. The Morgan fingerprint density at radius 1 is 1.37 bits per heavy atom. The standard InChI is InChI=1S/C11H17N3O4S/c1-3-4-7-19(17,18)13-9-5-6-11(14(15)16)10(8-9)12-2/h5-6,8,12-13H,3-4,7H2,1-2H3. The molecule has 0 aliphatic heterocycles. The van der Waals surface area contributed by atoms with Crippen molar-refractivity contribution >= 4 is 27.1 Å². The monoisotopic (exact) mass is 287 g/mol. The molecule has 7 nitrogen and oxygen atoms in total. The summed E-state index contributed by atoms with van der Waals surface area (Å²) in [5, 5.41) is 13.4. The van der Waals surface area contributed by atoms with E-state index in [4.69, 9.17) is 0 Å². The molecule has 0 fully saturated rings. The first-order valence-corrected chi connectivity index (χ1v) is 7.51.